The largest absolute Gasteiger partial charge is 0.497 e. The molecule has 18 heavy (non-hydrogen) atoms. The van der Waals surface area contributed by atoms with Gasteiger partial charge in [0.2, 0.25) is 0 Å². The fourth-order valence-electron chi connectivity index (χ4n) is 1.73. The molecular weight excluding hydrogens is 234 g/mol. The van der Waals surface area contributed by atoms with Crippen molar-refractivity contribution in [3.8, 4) is 11.5 Å². The summed E-state index contributed by atoms with van der Waals surface area (Å²) in [6, 6.07) is 7.12. The Kier molecular flexibility index (Phi) is 4.04. The maximum atomic E-state index is 11.9. The molecule has 1 saturated heterocycles. The van der Waals surface area contributed by atoms with Crippen molar-refractivity contribution in [2.75, 3.05) is 20.3 Å². The van der Waals surface area contributed by atoms with Gasteiger partial charge in [-0.05, 0) is 37.6 Å². The summed E-state index contributed by atoms with van der Waals surface area (Å²) < 4.78 is 10.6. The van der Waals surface area contributed by atoms with Crippen LogP contribution in [0, 0.1) is 0 Å². The number of hydrogen-bond donors (Lipinski definition) is 0. The topological polar surface area (TPSA) is 48.0 Å². The van der Waals surface area contributed by atoms with Crippen LogP contribution in [0.15, 0.2) is 24.3 Å². The summed E-state index contributed by atoms with van der Waals surface area (Å²) in [6.07, 6.45) is 0.317. The Bertz CT molecular complexity index is 398. The molecule has 5 heteroatoms. The summed E-state index contributed by atoms with van der Waals surface area (Å²) in [5, 5.41) is 1.37. The molecule has 0 aliphatic carbocycles. The summed E-state index contributed by atoms with van der Waals surface area (Å²) >= 11 is 0. The zero-order valence-corrected chi connectivity index (χ0v) is 10.6. The number of amides is 1. The molecule has 1 atom stereocenters. The van der Waals surface area contributed by atoms with Gasteiger partial charge in [-0.2, -0.15) is 0 Å². The summed E-state index contributed by atoms with van der Waals surface area (Å²) in [6.45, 7) is 2.95. The molecular formula is C13H17NO4. The number of hydrogen-bond acceptors (Lipinski definition) is 4. The molecule has 1 aliphatic heterocycles. The number of hydroxylamine groups is 2. The molecule has 5 nitrogen and oxygen atoms in total. The standard InChI is InChI=1S/C13H17NO4/c1-10(13(15)14-8-3-9-17-14)18-12-6-4-11(16-2)5-7-12/h4-7,10H,3,8-9H2,1-2H3. The van der Waals surface area contributed by atoms with E-state index in [1.807, 2.05) is 0 Å². The maximum absolute atomic E-state index is 11.9. The van der Waals surface area contributed by atoms with Crippen molar-refractivity contribution >= 4 is 5.91 Å². The van der Waals surface area contributed by atoms with Gasteiger partial charge in [0.1, 0.15) is 11.5 Å². The van der Waals surface area contributed by atoms with Crippen LogP contribution in [0.5, 0.6) is 11.5 Å². The molecule has 1 amide bonds. The van der Waals surface area contributed by atoms with E-state index in [0.717, 1.165) is 12.2 Å². The minimum Gasteiger partial charge on any atom is -0.497 e. The third kappa shape index (κ3) is 2.92. The lowest BCUT2D eigenvalue weighted by Crippen LogP contribution is -2.37. The predicted molar refractivity (Wildman–Crippen MR) is 65.4 cm³/mol. The van der Waals surface area contributed by atoms with E-state index in [1.54, 1.807) is 38.3 Å². The van der Waals surface area contributed by atoms with E-state index in [4.69, 9.17) is 14.3 Å². The normalized spacial score (nSPS) is 16.4. The van der Waals surface area contributed by atoms with Crippen molar-refractivity contribution < 1.29 is 19.1 Å². The Morgan fingerprint density at radius 1 is 1.33 bits per heavy atom. The van der Waals surface area contributed by atoms with E-state index in [2.05, 4.69) is 0 Å². The van der Waals surface area contributed by atoms with Gasteiger partial charge >= 0.3 is 0 Å². The number of nitrogens with zero attached hydrogens (tertiary/aromatic N) is 1. The molecule has 1 heterocycles. The Morgan fingerprint density at radius 3 is 2.56 bits per heavy atom. The average Bonchev–Trinajstić information content (AvgIpc) is 2.92. The first-order chi connectivity index (χ1) is 8.70. The molecule has 0 bridgehead atoms. The van der Waals surface area contributed by atoms with Crippen molar-refractivity contribution in [1.29, 1.82) is 0 Å². The van der Waals surface area contributed by atoms with Crippen LogP contribution in [0.1, 0.15) is 13.3 Å². The molecule has 98 valence electrons. The molecule has 0 N–H and O–H groups in total. The SMILES string of the molecule is COc1ccc(OC(C)C(=O)N2CCCO2)cc1. The first-order valence-corrected chi connectivity index (χ1v) is 5.95. The van der Waals surface area contributed by atoms with Crippen molar-refractivity contribution in [2.45, 2.75) is 19.4 Å². The molecule has 0 spiro atoms. The van der Waals surface area contributed by atoms with Crippen LogP contribution in [-0.4, -0.2) is 37.3 Å². The summed E-state index contributed by atoms with van der Waals surface area (Å²) in [4.78, 5) is 17.1. The van der Waals surface area contributed by atoms with Crippen LogP contribution in [-0.2, 0) is 9.63 Å². The number of carbonyl (C=O) groups is 1. The highest BCUT2D eigenvalue weighted by atomic mass is 16.7. The molecule has 1 aliphatic rings. The van der Waals surface area contributed by atoms with Gasteiger partial charge in [0.05, 0.1) is 20.3 Å². The van der Waals surface area contributed by atoms with Crippen LogP contribution in [0.4, 0.5) is 0 Å². The molecule has 0 saturated carbocycles. The Morgan fingerprint density at radius 2 is 2.00 bits per heavy atom. The van der Waals surface area contributed by atoms with Gasteiger partial charge in [-0.15, -0.1) is 0 Å². The molecule has 1 unspecified atom stereocenters. The monoisotopic (exact) mass is 251 g/mol. The Balaban J connectivity index is 1.92. The van der Waals surface area contributed by atoms with Crippen LogP contribution >= 0.6 is 0 Å². The summed E-state index contributed by atoms with van der Waals surface area (Å²) in [7, 11) is 1.60. The summed E-state index contributed by atoms with van der Waals surface area (Å²) in [5.41, 5.74) is 0. The second-order valence-electron chi connectivity index (χ2n) is 4.06. The van der Waals surface area contributed by atoms with Crippen LogP contribution < -0.4 is 9.47 Å². The van der Waals surface area contributed by atoms with Gasteiger partial charge in [-0.25, -0.2) is 5.06 Å². The second kappa shape index (κ2) is 5.73. The van der Waals surface area contributed by atoms with E-state index in [0.29, 0.717) is 18.9 Å². The zero-order valence-electron chi connectivity index (χ0n) is 10.6. The van der Waals surface area contributed by atoms with Crippen molar-refractivity contribution in [2.24, 2.45) is 0 Å². The lowest BCUT2D eigenvalue weighted by Gasteiger charge is -2.20. The Hall–Kier alpha value is -1.75. The van der Waals surface area contributed by atoms with E-state index >= 15 is 0 Å². The highest BCUT2D eigenvalue weighted by Gasteiger charge is 2.25. The van der Waals surface area contributed by atoms with Gasteiger partial charge in [0, 0.05) is 0 Å². The number of rotatable bonds is 4. The number of ether oxygens (including phenoxy) is 2. The van der Waals surface area contributed by atoms with Crippen LogP contribution in [0.25, 0.3) is 0 Å². The van der Waals surface area contributed by atoms with Gasteiger partial charge in [0.25, 0.3) is 5.91 Å². The van der Waals surface area contributed by atoms with Gasteiger partial charge < -0.3 is 9.47 Å². The highest BCUT2D eigenvalue weighted by molar-refractivity contribution is 5.80. The number of benzene rings is 1. The van der Waals surface area contributed by atoms with Crippen LogP contribution in [0.3, 0.4) is 0 Å². The smallest absolute Gasteiger partial charge is 0.286 e. The first kappa shape index (κ1) is 12.7. The summed E-state index contributed by atoms with van der Waals surface area (Å²) in [5.74, 6) is 1.24. The highest BCUT2D eigenvalue weighted by Crippen LogP contribution is 2.19. The molecule has 1 aromatic carbocycles. The maximum Gasteiger partial charge on any atom is 0.286 e. The van der Waals surface area contributed by atoms with E-state index in [-0.39, 0.29) is 5.91 Å². The average molecular weight is 251 g/mol. The zero-order chi connectivity index (χ0) is 13.0. The van der Waals surface area contributed by atoms with Crippen molar-refractivity contribution in [3.05, 3.63) is 24.3 Å². The second-order valence-corrected chi connectivity index (χ2v) is 4.06. The third-order valence-electron chi connectivity index (χ3n) is 2.72. The van der Waals surface area contributed by atoms with Crippen molar-refractivity contribution in [3.63, 3.8) is 0 Å². The van der Waals surface area contributed by atoms with E-state index in [1.165, 1.54) is 5.06 Å². The number of carbonyl (C=O) groups excluding carboxylic acids is 1. The third-order valence-corrected chi connectivity index (χ3v) is 2.72. The quantitative estimate of drug-likeness (QED) is 0.816. The van der Waals surface area contributed by atoms with Crippen molar-refractivity contribution in [1.82, 2.24) is 5.06 Å². The van der Waals surface area contributed by atoms with Gasteiger partial charge in [-0.3, -0.25) is 9.63 Å². The molecule has 0 aromatic heterocycles. The van der Waals surface area contributed by atoms with Gasteiger partial charge in [0.15, 0.2) is 6.10 Å². The lowest BCUT2D eigenvalue weighted by molar-refractivity contribution is -0.175. The molecule has 0 radical (unpaired) electrons. The minimum absolute atomic E-state index is 0.150. The fraction of sp³-hybridized carbons (Fsp3) is 0.462. The van der Waals surface area contributed by atoms with Crippen LogP contribution in [0.2, 0.25) is 0 Å². The fourth-order valence-corrected chi connectivity index (χ4v) is 1.73. The predicted octanol–water partition coefficient (Wildman–Crippen LogP) is 1.63. The minimum atomic E-state index is -0.559. The Labute approximate surface area is 106 Å². The number of methoxy groups -OCH3 is 1. The van der Waals surface area contributed by atoms with Gasteiger partial charge in [-0.1, -0.05) is 0 Å². The molecule has 1 aromatic rings. The first-order valence-electron chi connectivity index (χ1n) is 5.95. The van der Waals surface area contributed by atoms with E-state index in [9.17, 15) is 4.79 Å². The lowest BCUT2D eigenvalue weighted by atomic mass is 10.3. The molecule has 1 fully saturated rings. The van der Waals surface area contributed by atoms with E-state index < -0.39 is 6.10 Å². The molecule has 2 rings (SSSR count).